The smallest absolute Gasteiger partial charge is 0.358 e. The molecule has 0 N–H and O–H groups in total. The van der Waals surface area contributed by atoms with Crippen LogP contribution < -0.4 is 0 Å². The Morgan fingerprint density at radius 3 is 2.76 bits per heavy atom. The second-order valence-corrected chi connectivity index (χ2v) is 4.55. The SMILES string of the molecule is O=[N+]([O-])c1c(-n2cnc3ccccc32)nc2ccccn12. The Bertz CT molecular complexity index is 985. The van der Waals surface area contributed by atoms with Gasteiger partial charge in [0.2, 0.25) is 11.5 Å². The minimum absolute atomic E-state index is 0.0752. The highest BCUT2D eigenvalue weighted by atomic mass is 16.6. The van der Waals surface area contributed by atoms with E-state index in [-0.39, 0.29) is 11.6 Å². The molecule has 0 saturated carbocycles. The van der Waals surface area contributed by atoms with E-state index in [1.165, 1.54) is 4.40 Å². The molecule has 4 aromatic rings. The van der Waals surface area contributed by atoms with Gasteiger partial charge in [0.15, 0.2) is 0 Å². The van der Waals surface area contributed by atoms with Crippen LogP contribution in [0, 0.1) is 10.1 Å². The molecule has 0 fully saturated rings. The van der Waals surface area contributed by atoms with E-state index in [1.54, 1.807) is 35.3 Å². The molecule has 3 heterocycles. The first kappa shape index (κ1) is 11.6. The first-order valence-electron chi connectivity index (χ1n) is 6.29. The molecule has 0 spiro atoms. The molecule has 0 amide bonds. The molecule has 1 aromatic carbocycles. The van der Waals surface area contributed by atoms with Crippen LogP contribution in [0.1, 0.15) is 0 Å². The number of pyridine rings is 1. The number of nitro groups is 1. The highest BCUT2D eigenvalue weighted by Gasteiger charge is 2.24. The molecule has 4 rings (SSSR count). The van der Waals surface area contributed by atoms with Crippen LogP contribution >= 0.6 is 0 Å². The molecule has 0 atom stereocenters. The Morgan fingerprint density at radius 2 is 1.90 bits per heavy atom. The molecule has 0 unspecified atom stereocenters. The summed E-state index contributed by atoms with van der Waals surface area (Å²) in [6.07, 6.45) is 3.18. The lowest BCUT2D eigenvalue weighted by atomic mass is 10.3. The molecule has 7 nitrogen and oxygen atoms in total. The third kappa shape index (κ3) is 1.61. The van der Waals surface area contributed by atoms with Crippen LogP contribution in [-0.2, 0) is 0 Å². The van der Waals surface area contributed by atoms with E-state index >= 15 is 0 Å². The van der Waals surface area contributed by atoms with Gasteiger partial charge in [0.1, 0.15) is 6.33 Å². The number of hydrogen-bond donors (Lipinski definition) is 0. The Morgan fingerprint density at radius 1 is 1.10 bits per heavy atom. The largest absolute Gasteiger partial charge is 0.373 e. The van der Waals surface area contributed by atoms with Gasteiger partial charge in [-0.1, -0.05) is 18.2 Å². The average molecular weight is 279 g/mol. The van der Waals surface area contributed by atoms with Crippen LogP contribution in [0.2, 0.25) is 0 Å². The molecule has 0 aliphatic rings. The van der Waals surface area contributed by atoms with E-state index < -0.39 is 4.92 Å². The van der Waals surface area contributed by atoms with Crippen LogP contribution in [0.4, 0.5) is 5.82 Å². The molecule has 7 heteroatoms. The molecule has 102 valence electrons. The van der Waals surface area contributed by atoms with Gasteiger partial charge in [-0.15, -0.1) is 0 Å². The number of nitrogens with zero attached hydrogens (tertiary/aromatic N) is 5. The van der Waals surface area contributed by atoms with Crippen molar-refractivity contribution in [3.05, 3.63) is 65.1 Å². The molecule has 0 aliphatic carbocycles. The molecule has 0 saturated heterocycles. The van der Waals surface area contributed by atoms with Gasteiger partial charge in [0.25, 0.3) is 0 Å². The van der Waals surface area contributed by atoms with Crippen molar-refractivity contribution < 1.29 is 4.92 Å². The van der Waals surface area contributed by atoms with E-state index in [9.17, 15) is 10.1 Å². The molecule has 0 radical (unpaired) electrons. The van der Waals surface area contributed by atoms with E-state index in [0.717, 1.165) is 11.0 Å². The first-order chi connectivity index (χ1) is 10.3. The normalized spacial score (nSPS) is 11.2. The second-order valence-electron chi connectivity index (χ2n) is 4.55. The third-order valence-electron chi connectivity index (χ3n) is 3.34. The van der Waals surface area contributed by atoms with Crippen LogP contribution in [0.3, 0.4) is 0 Å². The van der Waals surface area contributed by atoms with Crippen LogP contribution in [0.15, 0.2) is 55.0 Å². The van der Waals surface area contributed by atoms with Gasteiger partial charge >= 0.3 is 5.82 Å². The fraction of sp³-hybridized carbons (Fsp3) is 0. The Kier molecular flexibility index (Phi) is 2.28. The monoisotopic (exact) mass is 279 g/mol. The zero-order valence-electron chi connectivity index (χ0n) is 10.7. The minimum atomic E-state index is -0.426. The summed E-state index contributed by atoms with van der Waals surface area (Å²) in [7, 11) is 0. The quantitative estimate of drug-likeness (QED) is 0.417. The van der Waals surface area contributed by atoms with E-state index in [1.807, 2.05) is 24.3 Å². The minimum Gasteiger partial charge on any atom is -0.358 e. The van der Waals surface area contributed by atoms with Crippen LogP contribution in [0.5, 0.6) is 0 Å². The summed E-state index contributed by atoms with van der Waals surface area (Å²) in [4.78, 5) is 19.6. The summed E-state index contributed by atoms with van der Waals surface area (Å²) < 4.78 is 3.10. The number of hydrogen-bond acceptors (Lipinski definition) is 4. The number of benzene rings is 1. The lowest BCUT2D eigenvalue weighted by molar-refractivity contribution is -0.390. The molecular formula is C14H9N5O2. The zero-order valence-corrected chi connectivity index (χ0v) is 10.7. The van der Waals surface area contributed by atoms with Gasteiger partial charge in [-0.2, -0.15) is 9.38 Å². The summed E-state index contributed by atoms with van der Waals surface area (Å²) in [6, 6.07) is 12.7. The third-order valence-corrected chi connectivity index (χ3v) is 3.34. The summed E-state index contributed by atoms with van der Waals surface area (Å²) in [5, 5.41) is 11.4. The molecular weight excluding hydrogens is 270 g/mol. The molecule has 21 heavy (non-hydrogen) atoms. The Labute approximate surface area is 118 Å². The molecule has 3 aromatic heterocycles. The topological polar surface area (TPSA) is 78.3 Å². The standard InChI is InChI=1S/C14H9N5O2/c20-19(21)14-13(16-12-7-3-4-8-17(12)14)18-9-15-10-5-1-2-6-11(10)18/h1-9H. The number of fused-ring (bicyclic) bond motifs is 2. The fourth-order valence-electron chi connectivity index (χ4n) is 2.43. The maximum Gasteiger partial charge on any atom is 0.373 e. The second kappa shape index (κ2) is 4.14. The Hall–Kier alpha value is -3.22. The number of imidazole rings is 2. The lowest BCUT2D eigenvalue weighted by Crippen LogP contribution is -2.00. The van der Waals surface area contributed by atoms with E-state index in [2.05, 4.69) is 9.97 Å². The fourth-order valence-corrected chi connectivity index (χ4v) is 2.43. The Balaban J connectivity index is 2.10. The predicted octanol–water partition coefficient (Wildman–Crippen LogP) is 2.58. The lowest BCUT2D eigenvalue weighted by Gasteiger charge is -2.00. The van der Waals surface area contributed by atoms with Crippen molar-refractivity contribution in [3.8, 4) is 5.82 Å². The van der Waals surface area contributed by atoms with E-state index in [0.29, 0.717) is 5.65 Å². The van der Waals surface area contributed by atoms with Gasteiger partial charge in [0.05, 0.1) is 17.2 Å². The molecule has 0 bridgehead atoms. The van der Waals surface area contributed by atoms with Crippen molar-refractivity contribution in [1.29, 1.82) is 0 Å². The van der Waals surface area contributed by atoms with Gasteiger partial charge in [-0.05, 0) is 23.1 Å². The van der Waals surface area contributed by atoms with Gasteiger partial charge in [0, 0.05) is 6.07 Å². The van der Waals surface area contributed by atoms with Crippen LogP contribution in [0.25, 0.3) is 22.5 Å². The van der Waals surface area contributed by atoms with E-state index in [4.69, 9.17) is 0 Å². The van der Waals surface area contributed by atoms with Gasteiger partial charge in [-0.25, -0.2) is 4.98 Å². The number of aromatic nitrogens is 4. The van der Waals surface area contributed by atoms with Crippen molar-refractivity contribution in [2.45, 2.75) is 0 Å². The maximum absolute atomic E-state index is 11.4. The summed E-state index contributed by atoms with van der Waals surface area (Å²) in [5.74, 6) is 0.189. The van der Waals surface area contributed by atoms with Crippen molar-refractivity contribution in [2.75, 3.05) is 0 Å². The zero-order chi connectivity index (χ0) is 14.4. The van der Waals surface area contributed by atoms with Crippen molar-refractivity contribution >= 4 is 22.5 Å². The van der Waals surface area contributed by atoms with Crippen molar-refractivity contribution in [3.63, 3.8) is 0 Å². The van der Waals surface area contributed by atoms with Gasteiger partial charge in [-0.3, -0.25) is 4.57 Å². The number of rotatable bonds is 2. The number of para-hydroxylation sites is 2. The highest BCUT2D eigenvalue weighted by molar-refractivity contribution is 5.78. The summed E-state index contributed by atoms with van der Waals surface area (Å²) in [5.41, 5.74) is 2.07. The summed E-state index contributed by atoms with van der Waals surface area (Å²) in [6.45, 7) is 0. The molecule has 0 aliphatic heterocycles. The summed E-state index contributed by atoms with van der Waals surface area (Å²) >= 11 is 0. The van der Waals surface area contributed by atoms with Crippen molar-refractivity contribution in [1.82, 2.24) is 18.9 Å². The average Bonchev–Trinajstić information content (AvgIpc) is 3.08. The first-order valence-corrected chi connectivity index (χ1v) is 6.29. The maximum atomic E-state index is 11.4. The van der Waals surface area contributed by atoms with Crippen LogP contribution in [-0.4, -0.2) is 23.9 Å². The highest BCUT2D eigenvalue weighted by Crippen LogP contribution is 2.27. The van der Waals surface area contributed by atoms with Crippen molar-refractivity contribution in [2.24, 2.45) is 0 Å². The predicted molar refractivity (Wildman–Crippen MR) is 76.5 cm³/mol. The van der Waals surface area contributed by atoms with Gasteiger partial charge < -0.3 is 10.1 Å².